The number of ether oxygens (including phenoxy) is 1. The van der Waals surface area contributed by atoms with E-state index in [2.05, 4.69) is 35.6 Å². The van der Waals surface area contributed by atoms with Gasteiger partial charge in [0.15, 0.2) is 17.3 Å². The lowest BCUT2D eigenvalue weighted by atomic mass is 10.1. The molecule has 4 rings (SSSR count). The van der Waals surface area contributed by atoms with Crippen molar-refractivity contribution < 1.29 is 4.74 Å². The van der Waals surface area contributed by atoms with Crippen molar-refractivity contribution in [2.45, 2.75) is 19.9 Å². The third-order valence-corrected chi connectivity index (χ3v) is 4.08. The topological polar surface area (TPSA) is 106 Å². The van der Waals surface area contributed by atoms with E-state index in [1.165, 1.54) is 0 Å². The van der Waals surface area contributed by atoms with Crippen LogP contribution in [0.2, 0.25) is 0 Å². The minimum absolute atomic E-state index is 0.117. The molecule has 0 fully saturated rings. The molecular formula is C17H18N8O. The quantitative estimate of drug-likeness (QED) is 0.570. The average Bonchev–Trinajstić information content (AvgIpc) is 3.27. The number of aryl methyl sites for hydroxylation is 1. The first-order valence-electron chi connectivity index (χ1n) is 8.14. The summed E-state index contributed by atoms with van der Waals surface area (Å²) in [5.41, 5.74) is 3.26. The van der Waals surface area contributed by atoms with E-state index in [1.54, 1.807) is 25.7 Å². The van der Waals surface area contributed by atoms with Crippen molar-refractivity contribution in [2.75, 3.05) is 12.4 Å². The summed E-state index contributed by atoms with van der Waals surface area (Å²) in [7, 11) is 1.60. The fraction of sp³-hybridized carbons (Fsp3) is 0.235. The maximum absolute atomic E-state index is 5.37. The SMILES string of the molecule is COc1ncccc1[C@H](C)n1ncc2ncc(Nc3cc(C)[nH]n3)nc21. The highest BCUT2D eigenvalue weighted by molar-refractivity contribution is 5.72. The Morgan fingerprint density at radius 2 is 2.12 bits per heavy atom. The molecule has 0 aromatic carbocycles. The Morgan fingerprint density at radius 1 is 1.23 bits per heavy atom. The highest BCUT2D eigenvalue weighted by Crippen LogP contribution is 2.27. The average molecular weight is 350 g/mol. The Bertz CT molecular complexity index is 1050. The Hall–Kier alpha value is -3.49. The number of nitrogens with one attached hydrogen (secondary N) is 2. The number of aromatic nitrogens is 7. The van der Waals surface area contributed by atoms with Crippen LogP contribution in [0.1, 0.15) is 24.2 Å². The third-order valence-electron chi connectivity index (χ3n) is 4.08. The molecule has 4 aromatic heterocycles. The number of methoxy groups -OCH3 is 1. The van der Waals surface area contributed by atoms with Gasteiger partial charge in [-0.1, -0.05) is 0 Å². The predicted molar refractivity (Wildman–Crippen MR) is 96.5 cm³/mol. The number of anilines is 2. The Morgan fingerprint density at radius 3 is 2.88 bits per heavy atom. The fourth-order valence-corrected chi connectivity index (χ4v) is 2.80. The molecule has 132 valence electrons. The van der Waals surface area contributed by atoms with Gasteiger partial charge < -0.3 is 10.1 Å². The molecule has 0 spiro atoms. The molecule has 4 heterocycles. The smallest absolute Gasteiger partial charge is 0.218 e. The molecule has 2 N–H and O–H groups in total. The number of hydrogen-bond acceptors (Lipinski definition) is 7. The van der Waals surface area contributed by atoms with E-state index in [-0.39, 0.29) is 6.04 Å². The van der Waals surface area contributed by atoms with Crippen LogP contribution in [-0.2, 0) is 0 Å². The van der Waals surface area contributed by atoms with Crippen LogP contribution in [0.5, 0.6) is 5.88 Å². The van der Waals surface area contributed by atoms with Gasteiger partial charge >= 0.3 is 0 Å². The molecule has 0 amide bonds. The number of hydrogen-bond donors (Lipinski definition) is 2. The summed E-state index contributed by atoms with van der Waals surface area (Å²) in [5, 5.41) is 14.6. The second kappa shape index (κ2) is 6.43. The van der Waals surface area contributed by atoms with Crippen LogP contribution in [0.25, 0.3) is 11.2 Å². The highest BCUT2D eigenvalue weighted by Gasteiger charge is 2.18. The van der Waals surface area contributed by atoms with Gasteiger partial charge in [0.1, 0.15) is 5.52 Å². The summed E-state index contributed by atoms with van der Waals surface area (Å²) in [6.45, 7) is 3.95. The van der Waals surface area contributed by atoms with E-state index in [0.717, 1.165) is 11.3 Å². The van der Waals surface area contributed by atoms with Gasteiger partial charge in [-0.05, 0) is 26.0 Å². The van der Waals surface area contributed by atoms with E-state index in [9.17, 15) is 0 Å². The second-order valence-electron chi connectivity index (χ2n) is 5.89. The van der Waals surface area contributed by atoms with E-state index >= 15 is 0 Å². The van der Waals surface area contributed by atoms with Crippen LogP contribution in [0.3, 0.4) is 0 Å². The van der Waals surface area contributed by atoms with Crippen LogP contribution in [0.15, 0.2) is 36.8 Å². The zero-order valence-electron chi connectivity index (χ0n) is 14.6. The van der Waals surface area contributed by atoms with Crippen molar-refractivity contribution in [1.29, 1.82) is 0 Å². The minimum Gasteiger partial charge on any atom is -0.481 e. The van der Waals surface area contributed by atoms with Gasteiger partial charge in [-0.25, -0.2) is 19.6 Å². The molecule has 9 heteroatoms. The summed E-state index contributed by atoms with van der Waals surface area (Å²) >= 11 is 0. The van der Waals surface area contributed by atoms with Crippen LogP contribution in [-0.4, -0.2) is 42.0 Å². The first-order chi connectivity index (χ1) is 12.7. The van der Waals surface area contributed by atoms with E-state index in [4.69, 9.17) is 4.74 Å². The lowest BCUT2D eigenvalue weighted by Gasteiger charge is -2.15. The van der Waals surface area contributed by atoms with Crippen molar-refractivity contribution in [3.63, 3.8) is 0 Å². The largest absolute Gasteiger partial charge is 0.481 e. The van der Waals surface area contributed by atoms with Crippen molar-refractivity contribution in [3.05, 3.63) is 48.0 Å². The summed E-state index contributed by atoms with van der Waals surface area (Å²) in [5.74, 6) is 1.85. The number of H-pyrrole nitrogens is 1. The predicted octanol–water partition coefficient (Wildman–Crippen LogP) is 2.61. The third kappa shape index (κ3) is 2.83. The summed E-state index contributed by atoms with van der Waals surface area (Å²) in [6, 6.07) is 5.62. The maximum Gasteiger partial charge on any atom is 0.218 e. The normalized spacial score (nSPS) is 12.3. The van der Waals surface area contributed by atoms with E-state index in [0.29, 0.717) is 28.7 Å². The highest BCUT2D eigenvalue weighted by atomic mass is 16.5. The summed E-state index contributed by atoms with van der Waals surface area (Å²) in [4.78, 5) is 13.3. The van der Waals surface area contributed by atoms with Crippen molar-refractivity contribution in [2.24, 2.45) is 0 Å². The monoisotopic (exact) mass is 350 g/mol. The molecule has 26 heavy (non-hydrogen) atoms. The lowest BCUT2D eigenvalue weighted by molar-refractivity contribution is 0.384. The zero-order valence-corrected chi connectivity index (χ0v) is 14.6. The molecule has 0 aliphatic heterocycles. The number of nitrogens with zero attached hydrogens (tertiary/aromatic N) is 6. The zero-order chi connectivity index (χ0) is 18.1. The standard InChI is InChI=1S/C17H18N8O/c1-10-7-14(24-23-10)21-15-9-19-13-8-20-25(16(13)22-15)11(2)12-5-4-6-18-17(12)26-3/h4-9,11H,1-3H3,(H2,21,22,23,24)/t11-/m0/s1. The lowest BCUT2D eigenvalue weighted by Crippen LogP contribution is -2.11. The molecule has 9 nitrogen and oxygen atoms in total. The molecule has 0 aliphatic carbocycles. The van der Waals surface area contributed by atoms with Gasteiger partial charge in [0.25, 0.3) is 0 Å². The van der Waals surface area contributed by atoms with Crippen LogP contribution in [0, 0.1) is 6.92 Å². The molecule has 0 saturated carbocycles. The second-order valence-corrected chi connectivity index (χ2v) is 5.89. The van der Waals surface area contributed by atoms with Gasteiger partial charge in [0, 0.05) is 23.5 Å². The molecule has 0 radical (unpaired) electrons. The number of pyridine rings is 1. The molecule has 0 unspecified atom stereocenters. The van der Waals surface area contributed by atoms with Gasteiger partial charge in [-0.15, -0.1) is 0 Å². The van der Waals surface area contributed by atoms with E-state index < -0.39 is 0 Å². The first-order valence-corrected chi connectivity index (χ1v) is 8.14. The molecule has 0 bridgehead atoms. The summed E-state index contributed by atoms with van der Waals surface area (Å²) in [6.07, 6.45) is 5.06. The molecule has 0 saturated heterocycles. The minimum atomic E-state index is -0.117. The molecule has 1 atom stereocenters. The van der Waals surface area contributed by atoms with E-state index in [1.807, 2.05) is 36.7 Å². The fourth-order valence-electron chi connectivity index (χ4n) is 2.80. The van der Waals surface area contributed by atoms with Crippen LogP contribution < -0.4 is 10.1 Å². The molecule has 0 aliphatic rings. The van der Waals surface area contributed by atoms with Crippen molar-refractivity contribution in [3.8, 4) is 5.88 Å². The van der Waals surface area contributed by atoms with Gasteiger partial charge in [0.2, 0.25) is 5.88 Å². The van der Waals surface area contributed by atoms with Crippen LogP contribution >= 0.6 is 0 Å². The first kappa shape index (κ1) is 16.0. The van der Waals surface area contributed by atoms with Crippen molar-refractivity contribution in [1.82, 2.24) is 34.9 Å². The number of aromatic amines is 1. The van der Waals surface area contributed by atoms with Crippen LogP contribution in [0.4, 0.5) is 11.6 Å². The Kier molecular flexibility index (Phi) is 3.96. The number of rotatable bonds is 5. The van der Waals surface area contributed by atoms with Crippen molar-refractivity contribution >= 4 is 22.8 Å². The van der Waals surface area contributed by atoms with Gasteiger partial charge in [0.05, 0.1) is 25.5 Å². The molecule has 4 aromatic rings. The Balaban J connectivity index is 1.72. The number of fused-ring (bicyclic) bond motifs is 1. The maximum atomic E-state index is 5.37. The van der Waals surface area contributed by atoms with Gasteiger partial charge in [-0.3, -0.25) is 5.10 Å². The Labute approximate surface area is 149 Å². The summed E-state index contributed by atoms with van der Waals surface area (Å²) < 4.78 is 7.18. The molecular weight excluding hydrogens is 332 g/mol. The van der Waals surface area contributed by atoms with Gasteiger partial charge in [-0.2, -0.15) is 10.2 Å².